The Hall–Kier alpha value is -1.26. The highest BCUT2D eigenvalue weighted by Gasteiger charge is 2.21. The third-order valence-electron chi connectivity index (χ3n) is 2.77. The Labute approximate surface area is 114 Å². The largest absolute Gasteiger partial charge is 0.467 e. The molecule has 2 rings (SSSR count). The zero-order valence-electron chi connectivity index (χ0n) is 9.98. The van der Waals surface area contributed by atoms with Crippen LogP contribution in [0.1, 0.15) is 18.8 Å². The minimum Gasteiger partial charge on any atom is -0.467 e. The zero-order chi connectivity index (χ0) is 13.3. The minimum absolute atomic E-state index is 0.216. The summed E-state index contributed by atoms with van der Waals surface area (Å²) in [5.41, 5.74) is 1.53. The van der Waals surface area contributed by atoms with Crippen molar-refractivity contribution >= 4 is 40.2 Å². The number of carbonyl (C=O) groups is 1. The predicted octanol–water partition coefficient (Wildman–Crippen LogP) is 3.16. The molecule has 0 amide bonds. The SMILES string of the molecule is COC(=O)C(C)n1c(CCl)nc2ccc(Cl)cc21. The molecule has 0 bridgehead atoms. The number of rotatable bonds is 3. The van der Waals surface area contributed by atoms with Crippen LogP contribution in [0.2, 0.25) is 5.02 Å². The number of esters is 1. The first-order chi connectivity index (χ1) is 8.58. The van der Waals surface area contributed by atoms with E-state index in [1.807, 2.05) is 0 Å². The first-order valence-corrected chi connectivity index (χ1v) is 6.30. The molecule has 0 saturated heterocycles. The molecule has 0 spiro atoms. The van der Waals surface area contributed by atoms with Crippen molar-refractivity contribution in [3.63, 3.8) is 0 Å². The Balaban J connectivity index is 2.65. The quantitative estimate of drug-likeness (QED) is 0.643. The second-order valence-corrected chi connectivity index (χ2v) is 4.57. The van der Waals surface area contributed by atoms with E-state index in [1.54, 1.807) is 29.7 Å². The van der Waals surface area contributed by atoms with Gasteiger partial charge in [-0.05, 0) is 25.1 Å². The number of nitrogens with zero attached hydrogens (tertiary/aromatic N) is 2. The van der Waals surface area contributed by atoms with E-state index >= 15 is 0 Å². The number of imidazole rings is 1. The van der Waals surface area contributed by atoms with Crippen molar-refractivity contribution in [3.05, 3.63) is 29.0 Å². The third kappa shape index (κ3) is 2.18. The van der Waals surface area contributed by atoms with E-state index in [1.165, 1.54) is 7.11 Å². The molecule has 0 radical (unpaired) electrons. The Morgan fingerprint density at radius 2 is 2.28 bits per heavy atom. The number of carbonyl (C=O) groups excluding carboxylic acids is 1. The van der Waals surface area contributed by atoms with E-state index in [4.69, 9.17) is 27.9 Å². The minimum atomic E-state index is -0.493. The van der Waals surface area contributed by atoms with E-state index in [0.717, 1.165) is 11.0 Å². The van der Waals surface area contributed by atoms with Crippen molar-refractivity contribution in [2.45, 2.75) is 18.8 Å². The van der Waals surface area contributed by atoms with Gasteiger partial charge in [-0.15, -0.1) is 11.6 Å². The highest BCUT2D eigenvalue weighted by molar-refractivity contribution is 6.31. The van der Waals surface area contributed by atoms with Gasteiger partial charge in [0.15, 0.2) is 0 Å². The number of benzene rings is 1. The van der Waals surface area contributed by atoms with Crippen LogP contribution in [-0.4, -0.2) is 22.6 Å². The van der Waals surface area contributed by atoms with Gasteiger partial charge in [-0.25, -0.2) is 9.78 Å². The second-order valence-electron chi connectivity index (χ2n) is 3.86. The molecule has 18 heavy (non-hydrogen) atoms. The monoisotopic (exact) mass is 286 g/mol. The van der Waals surface area contributed by atoms with Gasteiger partial charge in [0, 0.05) is 5.02 Å². The maximum absolute atomic E-state index is 11.7. The number of aromatic nitrogens is 2. The van der Waals surface area contributed by atoms with Crippen LogP contribution in [0.15, 0.2) is 18.2 Å². The lowest BCUT2D eigenvalue weighted by Gasteiger charge is -2.14. The van der Waals surface area contributed by atoms with Crippen LogP contribution in [0.4, 0.5) is 0 Å². The standard InChI is InChI=1S/C12H12Cl2N2O2/c1-7(12(17)18-2)16-10-5-8(14)3-4-9(10)15-11(16)6-13/h3-5,7H,6H2,1-2H3. The average molecular weight is 287 g/mol. The lowest BCUT2D eigenvalue weighted by Crippen LogP contribution is -2.19. The summed E-state index contributed by atoms with van der Waals surface area (Å²) in [6, 6.07) is 4.82. The molecule has 0 aliphatic rings. The lowest BCUT2D eigenvalue weighted by atomic mass is 10.2. The molecule has 2 aromatic rings. The number of alkyl halides is 1. The molecule has 0 saturated carbocycles. The van der Waals surface area contributed by atoms with Gasteiger partial charge in [0.2, 0.25) is 0 Å². The highest BCUT2D eigenvalue weighted by atomic mass is 35.5. The molecule has 0 N–H and O–H groups in total. The number of halogens is 2. The lowest BCUT2D eigenvalue weighted by molar-refractivity contribution is -0.143. The van der Waals surface area contributed by atoms with Crippen LogP contribution in [0, 0.1) is 0 Å². The summed E-state index contributed by atoms with van der Waals surface area (Å²) in [6.07, 6.45) is 0. The zero-order valence-corrected chi connectivity index (χ0v) is 11.5. The van der Waals surface area contributed by atoms with Gasteiger partial charge >= 0.3 is 5.97 Å². The summed E-state index contributed by atoms with van der Waals surface area (Å²) in [7, 11) is 1.35. The van der Waals surface area contributed by atoms with E-state index in [9.17, 15) is 4.79 Å². The molecule has 6 heteroatoms. The van der Waals surface area contributed by atoms with Crippen molar-refractivity contribution in [2.24, 2.45) is 0 Å². The van der Waals surface area contributed by atoms with Crippen molar-refractivity contribution in [3.8, 4) is 0 Å². The molecule has 1 aromatic carbocycles. The molecule has 0 fully saturated rings. The first-order valence-electron chi connectivity index (χ1n) is 5.38. The van der Waals surface area contributed by atoms with Crippen LogP contribution in [0.5, 0.6) is 0 Å². The van der Waals surface area contributed by atoms with Crippen molar-refractivity contribution in [1.29, 1.82) is 0 Å². The molecule has 1 unspecified atom stereocenters. The molecular formula is C12H12Cl2N2O2. The fourth-order valence-corrected chi connectivity index (χ4v) is 2.27. The summed E-state index contributed by atoms with van der Waals surface area (Å²) in [5, 5.41) is 0.585. The van der Waals surface area contributed by atoms with Crippen LogP contribution < -0.4 is 0 Å². The molecule has 0 aliphatic heterocycles. The predicted molar refractivity (Wildman–Crippen MR) is 71.0 cm³/mol. The molecule has 1 heterocycles. The summed E-state index contributed by atoms with van der Waals surface area (Å²) in [5.74, 6) is 0.487. The maximum atomic E-state index is 11.7. The van der Waals surface area contributed by atoms with Gasteiger partial charge in [0.05, 0.1) is 24.0 Å². The van der Waals surface area contributed by atoms with Gasteiger partial charge in [0.25, 0.3) is 0 Å². The van der Waals surface area contributed by atoms with Crippen molar-refractivity contribution in [2.75, 3.05) is 7.11 Å². The molecule has 4 nitrogen and oxygen atoms in total. The Morgan fingerprint density at radius 3 is 2.89 bits per heavy atom. The Kier molecular flexibility index (Phi) is 3.78. The number of fused-ring (bicyclic) bond motifs is 1. The number of methoxy groups -OCH3 is 1. The molecular weight excluding hydrogens is 275 g/mol. The fourth-order valence-electron chi connectivity index (χ4n) is 1.92. The van der Waals surface area contributed by atoms with Gasteiger partial charge < -0.3 is 9.30 Å². The third-order valence-corrected chi connectivity index (χ3v) is 3.25. The first kappa shape index (κ1) is 13.2. The normalized spacial score (nSPS) is 12.7. The molecule has 1 atom stereocenters. The maximum Gasteiger partial charge on any atom is 0.328 e. The van der Waals surface area contributed by atoms with E-state index in [2.05, 4.69) is 4.98 Å². The Bertz CT molecular complexity index is 595. The van der Waals surface area contributed by atoms with Crippen LogP contribution >= 0.6 is 23.2 Å². The van der Waals surface area contributed by atoms with E-state index in [0.29, 0.717) is 10.8 Å². The topological polar surface area (TPSA) is 44.1 Å². The summed E-state index contributed by atoms with van der Waals surface area (Å²) >= 11 is 11.8. The van der Waals surface area contributed by atoms with Gasteiger partial charge in [-0.2, -0.15) is 0 Å². The highest BCUT2D eigenvalue weighted by Crippen LogP contribution is 2.25. The Morgan fingerprint density at radius 1 is 1.56 bits per heavy atom. The van der Waals surface area contributed by atoms with Crippen molar-refractivity contribution < 1.29 is 9.53 Å². The van der Waals surface area contributed by atoms with E-state index in [-0.39, 0.29) is 11.8 Å². The van der Waals surface area contributed by atoms with Crippen LogP contribution in [0.3, 0.4) is 0 Å². The molecule has 96 valence electrons. The number of hydrogen-bond acceptors (Lipinski definition) is 3. The smallest absolute Gasteiger partial charge is 0.328 e. The average Bonchev–Trinajstić information content (AvgIpc) is 2.74. The van der Waals surface area contributed by atoms with Crippen LogP contribution in [-0.2, 0) is 15.4 Å². The number of ether oxygens (including phenoxy) is 1. The fraction of sp³-hybridized carbons (Fsp3) is 0.333. The van der Waals surface area contributed by atoms with Crippen molar-refractivity contribution in [1.82, 2.24) is 9.55 Å². The second kappa shape index (κ2) is 5.16. The van der Waals surface area contributed by atoms with Gasteiger partial charge in [0.1, 0.15) is 11.9 Å². The van der Waals surface area contributed by atoms with Gasteiger partial charge in [-0.1, -0.05) is 11.6 Å². The summed E-state index contributed by atoms with van der Waals surface area (Å²) in [6.45, 7) is 1.74. The molecule has 1 aromatic heterocycles. The summed E-state index contributed by atoms with van der Waals surface area (Å²) in [4.78, 5) is 16.0. The number of hydrogen-bond donors (Lipinski definition) is 0. The summed E-state index contributed by atoms with van der Waals surface area (Å²) < 4.78 is 6.50. The molecule has 0 aliphatic carbocycles. The van der Waals surface area contributed by atoms with Gasteiger partial charge in [-0.3, -0.25) is 0 Å². The van der Waals surface area contributed by atoms with Crippen LogP contribution in [0.25, 0.3) is 11.0 Å². The van der Waals surface area contributed by atoms with E-state index < -0.39 is 6.04 Å².